The van der Waals surface area contributed by atoms with Crippen molar-refractivity contribution in [2.45, 2.75) is 52.1 Å². The summed E-state index contributed by atoms with van der Waals surface area (Å²) in [6, 6.07) is 0.527. The second kappa shape index (κ2) is 6.56. The molecule has 0 saturated heterocycles. The highest BCUT2D eigenvalue weighted by Gasteiger charge is 2.10. The Bertz CT molecular complexity index is 269. The molecule has 0 amide bonds. The van der Waals surface area contributed by atoms with Crippen molar-refractivity contribution >= 4 is 0 Å². The van der Waals surface area contributed by atoms with Crippen molar-refractivity contribution in [3.05, 3.63) is 12.2 Å². The first-order valence-corrected chi connectivity index (χ1v) is 5.85. The van der Waals surface area contributed by atoms with Crippen LogP contribution >= 0.6 is 0 Å². The lowest BCUT2D eigenvalue weighted by atomic mass is 10.1. The third-order valence-electron chi connectivity index (χ3n) is 2.74. The zero-order valence-corrected chi connectivity index (χ0v) is 10.0. The minimum atomic E-state index is 0.527. The van der Waals surface area contributed by atoms with Crippen molar-refractivity contribution in [1.29, 1.82) is 0 Å². The van der Waals surface area contributed by atoms with E-state index in [2.05, 4.69) is 29.2 Å². The third-order valence-corrected chi connectivity index (χ3v) is 2.74. The summed E-state index contributed by atoms with van der Waals surface area (Å²) in [5.74, 6) is 1.09. The predicted molar refractivity (Wildman–Crippen MR) is 61.8 cm³/mol. The topological polar surface area (TPSA) is 42.7 Å². The van der Waals surface area contributed by atoms with Gasteiger partial charge >= 0.3 is 0 Å². The van der Waals surface area contributed by atoms with Crippen LogP contribution in [0.3, 0.4) is 0 Å². The van der Waals surface area contributed by atoms with Gasteiger partial charge in [0.1, 0.15) is 12.2 Å². The molecule has 4 heteroatoms. The number of nitrogens with zero attached hydrogens (tertiary/aromatic N) is 3. The Kier molecular flexibility index (Phi) is 5.32. The largest absolute Gasteiger partial charge is 0.317 e. The molecule has 1 atom stereocenters. The predicted octanol–water partition coefficient (Wildman–Crippen LogP) is 1.62. The molecule has 1 rings (SSSR count). The van der Waals surface area contributed by atoms with E-state index in [-0.39, 0.29) is 0 Å². The summed E-state index contributed by atoms with van der Waals surface area (Å²) in [5, 5.41) is 7.53. The first kappa shape index (κ1) is 12.2. The van der Waals surface area contributed by atoms with Crippen LogP contribution in [0, 0.1) is 0 Å². The normalized spacial score (nSPS) is 13.0. The van der Waals surface area contributed by atoms with Gasteiger partial charge in [-0.25, -0.2) is 4.98 Å². The number of aromatic nitrogens is 3. The fraction of sp³-hybridized carbons (Fsp3) is 0.818. The Hall–Kier alpha value is -0.900. The van der Waals surface area contributed by atoms with Crippen molar-refractivity contribution in [2.75, 3.05) is 7.05 Å². The SMILES string of the molecule is CCCCC(Cc1ncnn1CC)NC. The van der Waals surface area contributed by atoms with Gasteiger partial charge in [0.05, 0.1) is 0 Å². The molecule has 0 fully saturated rings. The van der Waals surface area contributed by atoms with Crippen LogP contribution in [0.4, 0.5) is 0 Å². The fourth-order valence-electron chi connectivity index (χ4n) is 1.73. The van der Waals surface area contributed by atoms with Crippen molar-refractivity contribution in [3.63, 3.8) is 0 Å². The Balaban J connectivity index is 2.50. The first-order valence-electron chi connectivity index (χ1n) is 5.85. The maximum atomic E-state index is 4.29. The molecule has 0 aromatic carbocycles. The Morgan fingerprint density at radius 3 is 2.87 bits per heavy atom. The quantitative estimate of drug-likeness (QED) is 0.743. The number of unbranched alkanes of at least 4 members (excludes halogenated alkanes) is 1. The monoisotopic (exact) mass is 210 g/mol. The molecule has 0 spiro atoms. The highest BCUT2D eigenvalue weighted by molar-refractivity contribution is 4.89. The van der Waals surface area contributed by atoms with E-state index in [0.717, 1.165) is 18.8 Å². The Labute approximate surface area is 92.1 Å². The van der Waals surface area contributed by atoms with E-state index in [1.807, 2.05) is 11.7 Å². The molecule has 1 aromatic rings. The number of hydrogen-bond acceptors (Lipinski definition) is 3. The zero-order valence-electron chi connectivity index (χ0n) is 10.0. The van der Waals surface area contributed by atoms with E-state index in [9.17, 15) is 0 Å². The van der Waals surface area contributed by atoms with Crippen LogP contribution < -0.4 is 5.32 Å². The van der Waals surface area contributed by atoms with Gasteiger partial charge in [-0.2, -0.15) is 5.10 Å². The van der Waals surface area contributed by atoms with Gasteiger partial charge in [-0.3, -0.25) is 4.68 Å². The van der Waals surface area contributed by atoms with Crippen LogP contribution in [0.5, 0.6) is 0 Å². The average Bonchev–Trinajstić information content (AvgIpc) is 2.71. The van der Waals surface area contributed by atoms with Gasteiger partial charge in [-0.15, -0.1) is 0 Å². The fourth-order valence-corrected chi connectivity index (χ4v) is 1.73. The molecule has 1 heterocycles. The molecule has 1 N–H and O–H groups in total. The number of likely N-dealkylation sites (N-methyl/N-ethyl adjacent to an activating group) is 1. The summed E-state index contributed by atoms with van der Waals surface area (Å²) in [6.45, 7) is 5.22. The third kappa shape index (κ3) is 3.63. The maximum absolute atomic E-state index is 4.29. The Morgan fingerprint density at radius 2 is 2.27 bits per heavy atom. The molecule has 1 unspecified atom stereocenters. The molecule has 4 nitrogen and oxygen atoms in total. The van der Waals surface area contributed by atoms with E-state index in [1.165, 1.54) is 19.3 Å². The van der Waals surface area contributed by atoms with Crippen LogP contribution in [0.1, 0.15) is 38.9 Å². The van der Waals surface area contributed by atoms with Gasteiger partial charge in [-0.1, -0.05) is 19.8 Å². The summed E-state index contributed by atoms with van der Waals surface area (Å²) < 4.78 is 1.97. The van der Waals surface area contributed by atoms with E-state index in [0.29, 0.717) is 6.04 Å². The molecule has 0 saturated carbocycles. The van der Waals surface area contributed by atoms with Crippen LogP contribution in [-0.4, -0.2) is 27.9 Å². The second-order valence-electron chi connectivity index (χ2n) is 3.82. The molecular weight excluding hydrogens is 188 g/mol. The Morgan fingerprint density at radius 1 is 1.47 bits per heavy atom. The highest BCUT2D eigenvalue weighted by Crippen LogP contribution is 2.06. The zero-order chi connectivity index (χ0) is 11.1. The number of nitrogens with one attached hydrogen (secondary N) is 1. The lowest BCUT2D eigenvalue weighted by Gasteiger charge is -2.15. The summed E-state index contributed by atoms with van der Waals surface area (Å²) >= 11 is 0. The molecule has 86 valence electrons. The van der Waals surface area contributed by atoms with Gasteiger partial charge in [0.2, 0.25) is 0 Å². The van der Waals surface area contributed by atoms with Crippen LogP contribution in [0.15, 0.2) is 6.33 Å². The van der Waals surface area contributed by atoms with Gasteiger partial charge in [-0.05, 0) is 20.4 Å². The summed E-state index contributed by atoms with van der Waals surface area (Å²) in [4.78, 5) is 4.29. The molecule has 0 aliphatic heterocycles. The molecule has 15 heavy (non-hydrogen) atoms. The van der Waals surface area contributed by atoms with Crippen molar-refractivity contribution in [2.24, 2.45) is 0 Å². The van der Waals surface area contributed by atoms with Crippen LogP contribution in [0.2, 0.25) is 0 Å². The van der Waals surface area contributed by atoms with E-state index < -0.39 is 0 Å². The average molecular weight is 210 g/mol. The molecule has 1 aromatic heterocycles. The lowest BCUT2D eigenvalue weighted by molar-refractivity contribution is 0.473. The van der Waals surface area contributed by atoms with Crippen molar-refractivity contribution in [3.8, 4) is 0 Å². The second-order valence-corrected chi connectivity index (χ2v) is 3.82. The van der Waals surface area contributed by atoms with E-state index >= 15 is 0 Å². The summed E-state index contributed by atoms with van der Waals surface area (Å²) in [6.07, 6.45) is 6.35. The number of hydrogen-bond donors (Lipinski definition) is 1. The van der Waals surface area contributed by atoms with Gasteiger partial charge in [0.25, 0.3) is 0 Å². The van der Waals surface area contributed by atoms with E-state index in [1.54, 1.807) is 6.33 Å². The molecule has 0 aliphatic carbocycles. The minimum absolute atomic E-state index is 0.527. The summed E-state index contributed by atoms with van der Waals surface area (Å²) in [5.41, 5.74) is 0. The number of aryl methyl sites for hydroxylation is 1. The van der Waals surface area contributed by atoms with Gasteiger partial charge in [0.15, 0.2) is 0 Å². The smallest absolute Gasteiger partial charge is 0.138 e. The van der Waals surface area contributed by atoms with Crippen molar-refractivity contribution < 1.29 is 0 Å². The van der Waals surface area contributed by atoms with Crippen LogP contribution in [0.25, 0.3) is 0 Å². The number of rotatable bonds is 7. The minimum Gasteiger partial charge on any atom is -0.317 e. The maximum Gasteiger partial charge on any atom is 0.138 e. The standard InChI is InChI=1S/C11H22N4/c1-4-6-7-10(12-3)8-11-13-9-14-15(11)5-2/h9-10,12H,4-8H2,1-3H3. The van der Waals surface area contributed by atoms with E-state index in [4.69, 9.17) is 0 Å². The molecule has 0 radical (unpaired) electrons. The van der Waals surface area contributed by atoms with Gasteiger partial charge in [0, 0.05) is 19.0 Å². The van der Waals surface area contributed by atoms with Crippen LogP contribution in [-0.2, 0) is 13.0 Å². The first-order chi connectivity index (χ1) is 7.31. The molecule has 0 aliphatic rings. The molecular formula is C11H22N4. The lowest BCUT2D eigenvalue weighted by Crippen LogP contribution is -2.28. The van der Waals surface area contributed by atoms with Gasteiger partial charge < -0.3 is 5.32 Å². The molecule has 0 bridgehead atoms. The highest BCUT2D eigenvalue weighted by atomic mass is 15.3. The van der Waals surface area contributed by atoms with Crippen molar-refractivity contribution in [1.82, 2.24) is 20.1 Å². The summed E-state index contributed by atoms with van der Waals surface area (Å²) in [7, 11) is 2.02.